The molecule has 0 fully saturated rings. The lowest BCUT2D eigenvalue weighted by Crippen LogP contribution is -1.99. The number of rotatable bonds is 3. The van der Waals surface area contributed by atoms with Crippen LogP contribution in [0.25, 0.3) is 23.1 Å². The first-order chi connectivity index (χ1) is 10.1. The summed E-state index contributed by atoms with van der Waals surface area (Å²) < 4.78 is 5.01. The van der Waals surface area contributed by atoms with Crippen molar-refractivity contribution in [1.29, 1.82) is 0 Å². The quantitative estimate of drug-likeness (QED) is 0.759. The van der Waals surface area contributed by atoms with Gasteiger partial charge in [0.05, 0.1) is 16.4 Å². The van der Waals surface area contributed by atoms with Crippen molar-refractivity contribution >= 4 is 29.2 Å². The Morgan fingerprint density at radius 3 is 2.86 bits per heavy atom. The maximum atomic E-state index is 11.0. The van der Waals surface area contributed by atoms with Crippen LogP contribution < -0.4 is 0 Å². The fourth-order valence-corrected chi connectivity index (χ4v) is 2.08. The summed E-state index contributed by atoms with van der Waals surface area (Å²) >= 11 is 11.8. The first-order valence-corrected chi connectivity index (χ1v) is 6.24. The number of carbonyl (C=O) groups is 1. The van der Waals surface area contributed by atoms with Gasteiger partial charge in [0, 0.05) is 6.20 Å². The van der Waals surface area contributed by atoms with Crippen LogP contribution in [0, 0.1) is 0 Å². The Morgan fingerprint density at radius 1 is 1.33 bits per heavy atom. The van der Waals surface area contributed by atoms with Crippen molar-refractivity contribution in [1.82, 2.24) is 25.1 Å². The molecule has 0 aliphatic heterocycles. The Hall–Kier alpha value is -2.45. The van der Waals surface area contributed by atoms with Crippen LogP contribution >= 0.6 is 23.2 Å². The van der Waals surface area contributed by atoms with Gasteiger partial charge < -0.3 is 14.6 Å². The van der Waals surface area contributed by atoms with Crippen LogP contribution in [0.2, 0.25) is 10.0 Å². The summed E-state index contributed by atoms with van der Waals surface area (Å²) in [7, 11) is 0. The minimum absolute atomic E-state index is 0.0345. The zero-order valence-electron chi connectivity index (χ0n) is 10.0. The number of aromatic amines is 1. The second-order valence-electron chi connectivity index (χ2n) is 3.84. The highest BCUT2D eigenvalue weighted by Gasteiger charge is 2.21. The van der Waals surface area contributed by atoms with E-state index < -0.39 is 5.97 Å². The van der Waals surface area contributed by atoms with E-state index >= 15 is 0 Å². The average molecular weight is 326 g/mol. The summed E-state index contributed by atoms with van der Waals surface area (Å²) in [6.07, 6.45) is 2.61. The molecule has 0 aliphatic carbocycles. The first kappa shape index (κ1) is 13.5. The van der Waals surface area contributed by atoms with E-state index in [1.165, 1.54) is 18.6 Å². The average Bonchev–Trinajstić information content (AvgIpc) is 3.06. The van der Waals surface area contributed by atoms with Crippen molar-refractivity contribution < 1.29 is 14.4 Å². The van der Waals surface area contributed by atoms with Crippen LogP contribution in [0.1, 0.15) is 10.5 Å². The number of carboxylic acid groups (broad SMARTS) is 1. The molecule has 3 aromatic rings. The Kier molecular flexibility index (Phi) is 3.32. The number of hydrogen-bond acceptors (Lipinski definition) is 6. The van der Waals surface area contributed by atoms with Crippen molar-refractivity contribution in [3.8, 4) is 23.1 Å². The number of aromatic nitrogens is 5. The highest BCUT2D eigenvalue weighted by atomic mass is 35.5. The molecule has 2 N–H and O–H groups in total. The van der Waals surface area contributed by atoms with Gasteiger partial charge in [0.15, 0.2) is 5.69 Å². The fraction of sp³-hybridized carbons (Fsp3) is 0. The zero-order chi connectivity index (χ0) is 15.0. The molecule has 0 amide bonds. The topological polar surface area (TPSA) is 118 Å². The number of halogens is 2. The van der Waals surface area contributed by atoms with Crippen molar-refractivity contribution in [2.24, 2.45) is 0 Å². The maximum Gasteiger partial charge on any atom is 0.356 e. The van der Waals surface area contributed by atoms with Crippen LogP contribution in [-0.2, 0) is 0 Å². The number of pyridine rings is 1. The third kappa shape index (κ3) is 2.46. The molecular weight excluding hydrogens is 321 g/mol. The van der Waals surface area contributed by atoms with Gasteiger partial charge in [-0.3, -0.25) is 0 Å². The zero-order valence-corrected chi connectivity index (χ0v) is 11.6. The Balaban J connectivity index is 2.04. The molecule has 8 nitrogen and oxygen atoms in total. The lowest BCUT2D eigenvalue weighted by Gasteiger charge is -1.97. The number of imidazole rings is 1. The maximum absolute atomic E-state index is 11.0. The minimum atomic E-state index is -1.21. The van der Waals surface area contributed by atoms with Crippen LogP contribution in [0.15, 0.2) is 23.1 Å². The summed E-state index contributed by atoms with van der Waals surface area (Å²) in [5.41, 5.74) is 0.152. The second kappa shape index (κ2) is 5.15. The predicted molar refractivity (Wildman–Crippen MR) is 72.1 cm³/mol. The van der Waals surface area contributed by atoms with Gasteiger partial charge in [0.1, 0.15) is 11.4 Å². The van der Waals surface area contributed by atoms with E-state index in [9.17, 15) is 4.79 Å². The molecule has 10 heteroatoms. The van der Waals surface area contributed by atoms with Crippen molar-refractivity contribution in [2.75, 3.05) is 0 Å². The van der Waals surface area contributed by atoms with Crippen molar-refractivity contribution in [3.63, 3.8) is 0 Å². The van der Waals surface area contributed by atoms with Gasteiger partial charge in [-0.25, -0.2) is 14.8 Å². The summed E-state index contributed by atoms with van der Waals surface area (Å²) in [5, 5.41) is 13.3. The molecule has 0 atom stereocenters. The third-order valence-corrected chi connectivity index (χ3v) is 3.00. The monoisotopic (exact) mass is 325 g/mol. The SMILES string of the molecule is O=C(O)c1nc[nH]c1-c1nc(-c2ncc(Cl)cc2Cl)no1. The van der Waals surface area contributed by atoms with Gasteiger partial charge in [-0.2, -0.15) is 4.98 Å². The van der Waals surface area contributed by atoms with E-state index in [1.807, 2.05) is 0 Å². The molecule has 0 radical (unpaired) electrons. The van der Waals surface area contributed by atoms with E-state index in [0.29, 0.717) is 5.02 Å². The predicted octanol–water partition coefficient (Wildman–Crippen LogP) is 2.53. The lowest BCUT2D eigenvalue weighted by atomic mass is 10.3. The number of nitrogens with zero attached hydrogens (tertiary/aromatic N) is 4. The van der Waals surface area contributed by atoms with Crippen molar-refractivity contribution in [3.05, 3.63) is 34.3 Å². The molecule has 0 bridgehead atoms. The Labute approximate surface area is 126 Å². The molecule has 0 unspecified atom stereocenters. The van der Waals surface area contributed by atoms with E-state index in [1.54, 1.807) is 0 Å². The molecular formula is C11H5Cl2N5O3. The van der Waals surface area contributed by atoms with Gasteiger partial charge in [0.25, 0.3) is 5.89 Å². The smallest absolute Gasteiger partial charge is 0.356 e. The number of H-pyrrole nitrogens is 1. The van der Waals surface area contributed by atoms with Crippen LogP contribution in [0.3, 0.4) is 0 Å². The summed E-state index contributed by atoms with van der Waals surface area (Å²) in [6, 6.07) is 1.49. The lowest BCUT2D eigenvalue weighted by molar-refractivity contribution is 0.0691. The van der Waals surface area contributed by atoms with Gasteiger partial charge in [0.2, 0.25) is 5.82 Å². The molecule has 3 aromatic heterocycles. The summed E-state index contributed by atoms with van der Waals surface area (Å²) in [6.45, 7) is 0. The highest BCUT2D eigenvalue weighted by Crippen LogP contribution is 2.28. The van der Waals surface area contributed by atoms with Gasteiger partial charge >= 0.3 is 5.97 Å². The number of aromatic carboxylic acids is 1. The number of carboxylic acids is 1. The standard InChI is InChI=1S/C11H5Cl2N5O3/c12-4-1-5(13)6(14-2-4)9-17-10(21-18-9)7-8(11(19)20)16-3-15-7/h1-3H,(H,15,16)(H,19,20). The molecule has 0 aliphatic rings. The van der Waals surface area contributed by atoms with Crippen LogP contribution in [0.4, 0.5) is 0 Å². The van der Waals surface area contributed by atoms with Crippen LogP contribution in [0.5, 0.6) is 0 Å². The largest absolute Gasteiger partial charge is 0.476 e. The molecule has 0 aromatic carbocycles. The fourth-order valence-electron chi connectivity index (χ4n) is 1.62. The first-order valence-electron chi connectivity index (χ1n) is 5.48. The minimum Gasteiger partial charge on any atom is -0.476 e. The summed E-state index contributed by atoms with van der Waals surface area (Å²) in [4.78, 5) is 25.4. The summed E-state index contributed by atoms with van der Waals surface area (Å²) in [5.74, 6) is -1.14. The molecule has 3 rings (SSSR count). The number of hydrogen-bond donors (Lipinski definition) is 2. The Bertz CT molecular complexity index is 829. The molecule has 3 heterocycles. The van der Waals surface area contributed by atoms with E-state index in [-0.39, 0.29) is 33.8 Å². The third-order valence-electron chi connectivity index (χ3n) is 2.50. The molecule has 0 saturated carbocycles. The molecule has 106 valence electrons. The Morgan fingerprint density at radius 2 is 2.14 bits per heavy atom. The molecule has 21 heavy (non-hydrogen) atoms. The van der Waals surface area contributed by atoms with E-state index in [0.717, 1.165) is 0 Å². The van der Waals surface area contributed by atoms with Gasteiger partial charge in [-0.15, -0.1) is 0 Å². The van der Waals surface area contributed by atoms with E-state index in [2.05, 4.69) is 25.1 Å². The highest BCUT2D eigenvalue weighted by molar-refractivity contribution is 6.35. The van der Waals surface area contributed by atoms with E-state index in [4.69, 9.17) is 32.8 Å². The number of nitrogens with one attached hydrogen (secondary N) is 1. The van der Waals surface area contributed by atoms with Crippen molar-refractivity contribution in [2.45, 2.75) is 0 Å². The van der Waals surface area contributed by atoms with Gasteiger partial charge in [-0.1, -0.05) is 28.4 Å². The molecule has 0 saturated heterocycles. The van der Waals surface area contributed by atoms with Crippen LogP contribution in [-0.4, -0.2) is 36.2 Å². The molecule has 0 spiro atoms. The van der Waals surface area contributed by atoms with Gasteiger partial charge in [-0.05, 0) is 6.07 Å². The normalized spacial score (nSPS) is 10.8. The second-order valence-corrected chi connectivity index (χ2v) is 4.68.